The first-order valence-electron chi connectivity index (χ1n) is 6.79. The lowest BCUT2D eigenvalue weighted by molar-refractivity contribution is 0.415. The number of rotatable bonds is 5. The van der Waals surface area contributed by atoms with E-state index in [1.807, 2.05) is 42.2 Å². The minimum atomic E-state index is 0.388. The van der Waals surface area contributed by atoms with E-state index < -0.39 is 0 Å². The zero-order chi connectivity index (χ0) is 14.8. The van der Waals surface area contributed by atoms with Crippen LogP contribution in [0.2, 0.25) is 0 Å². The van der Waals surface area contributed by atoms with Crippen molar-refractivity contribution >= 4 is 22.6 Å². The normalized spacial score (nSPS) is 11.2. The Labute approximate surface area is 128 Å². The molecular formula is C15H17ClN4O. The van der Waals surface area contributed by atoms with Crippen molar-refractivity contribution in [2.24, 2.45) is 7.05 Å². The fourth-order valence-corrected chi connectivity index (χ4v) is 2.66. The van der Waals surface area contributed by atoms with Gasteiger partial charge in [-0.25, -0.2) is 4.98 Å². The number of aromatic nitrogens is 4. The van der Waals surface area contributed by atoms with Crippen LogP contribution >= 0.6 is 11.6 Å². The third kappa shape index (κ3) is 2.74. The van der Waals surface area contributed by atoms with Gasteiger partial charge in [0, 0.05) is 32.3 Å². The first kappa shape index (κ1) is 13.9. The number of halogens is 1. The molecule has 0 atom stereocenters. The van der Waals surface area contributed by atoms with Gasteiger partial charge >= 0.3 is 0 Å². The van der Waals surface area contributed by atoms with Gasteiger partial charge in [-0.3, -0.25) is 4.68 Å². The number of fused-ring (bicyclic) bond motifs is 1. The molecule has 0 radical (unpaired) electrons. The summed E-state index contributed by atoms with van der Waals surface area (Å²) in [6.07, 6.45) is 2.80. The molecule has 0 aliphatic rings. The average Bonchev–Trinajstić information content (AvgIpc) is 3.07. The number of benzene rings is 1. The Bertz CT molecular complexity index is 762. The van der Waals surface area contributed by atoms with E-state index in [0.29, 0.717) is 5.88 Å². The number of aryl methyl sites for hydroxylation is 3. The quantitative estimate of drug-likeness (QED) is 0.681. The van der Waals surface area contributed by atoms with Gasteiger partial charge in [-0.05, 0) is 18.2 Å². The number of nitrogens with zero attached hydrogens (tertiary/aromatic N) is 4. The molecule has 0 amide bonds. The van der Waals surface area contributed by atoms with Crippen LogP contribution < -0.4 is 4.74 Å². The van der Waals surface area contributed by atoms with Crippen LogP contribution in [0.5, 0.6) is 5.75 Å². The summed E-state index contributed by atoms with van der Waals surface area (Å²) in [4.78, 5) is 4.58. The molecule has 0 spiro atoms. The van der Waals surface area contributed by atoms with Crippen molar-refractivity contribution in [3.8, 4) is 5.75 Å². The van der Waals surface area contributed by atoms with Crippen molar-refractivity contribution in [3.63, 3.8) is 0 Å². The Hall–Kier alpha value is -2.01. The van der Waals surface area contributed by atoms with Crippen molar-refractivity contribution in [1.29, 1.82) is 0 Å². The number of hydrogen-bond acceptors (Lipinski definition) is 3. The number of alkyl halides is 1. The van der Waals surface area contributed by atoms with Crippen molar-refractivity contribution in [3.05, 3.63) is 42.0 Å². The molecule has 0 saturated heterocycles. The molecule has 2 aromatic heterocycles. The highest BCUT2D eigenvalue weighted by atomic mass is 35.5. The molecule has 0 saturated carbocycles. The highest BCUT2D eigenvalue weighted by Crippen LogP contribution is 2.23. The summed E-state index contributed by atoms with van der Waals surface area (Å²) >= 11 is 6.03. The second-order valence-corrected chi connectivity index (χ2v) is 5.17. The maximum Gasteiger partial charge on any atom is 0.124 e. The van der Waals surface area contributed by atoms with E-state index in [1.165, 1.54) is 0 Å². The number of ether oxygens (including phenoxy) is 1. The molecule has 3 rings (SSSR count). The smallest absolute Gasteiger partial charge is 0.124 e. The summed E-state index contributed by atoms with van der Waals surface area (Å²) in [7, 11) is 3.58. The molecule has 110 valence electrons. The summed E-state index contributed by atoms with van der Waals surface area (Å²) in [6.45, 7) is 0.807. The van der Waals surface area contributed by atoms with Crippen LogP contribution in [0.3, 0.4) is 0 Å². The molecular weight excluding hydrogens is 288 g/mol. The lowest BCUT2D eigenvalue weighted by Gasteiger charge is -2.06. The summed E-state index contributed by atoms with van der Waals surface area (Å²) in [5.41, 5.74) is 3.04. The van der Waals surface area contributed by atoms with E-state index in [4.69, 9.17) is 16.3 Å². The zero-order valence-electron chi connectivity index (χ0n) is 12.1. The topological polar surface area (TPSA) is 44.9 Å². The Kier molecular flexibility index (Phi) is 3.84. The number of imidazole rings is 1. The third-order valence-corrected chi connectivity index (χ3v) is 3.75. The zero-order valence-corrected chi connectivity index (χ0v) is 12.8. The van der Waals surface area contributed by atoms with Crippen molar-refractivity contribution in [1.82, 2.24) is 19.3 Å². The summed E-state index contributed by atoms with van der Waals surface area (Å²) in [6, 6.07) is 7.93. The van der Waals surface area contributed by atoms with Gasteiger partial charge in [-0.1, -0.05) is 0 Å². The molecule has 0 fully saturated rings. The first-order valence-corrected chi connectivity index (χ1v) is 7.32. The fraction of sp³-hybridized carbons (Fsp3) is 0.333. The van der Waals surface area contributed by atoms with Gasteiger partial charge in [0.15, 0.2) is 0 Å². The highest BCUT2D eigenvalue weighted by Gasteiger charge is 2.11. The van der Waals surface area contributed by atoms with Crippen LogP contribution in [0.15, 0.2) is 30.5 Å². The lowest BCUT2D eigenvalue weighted by Crippen LogP contribution is -2.05. The van der Waals surface area contributed by atoms with Crippen molar-refractivity contribution in [2.75, 3.05) is 7.11 Å². The SMILES string of the molecule is COc1ccc2c(c1)nc(CCl)n2CCc1ccn(C)n1. The summed E-state index contributed by atoms with van der Waals surface area (Å²) < 4.78 is 9.21. The fourth-order valence-electron chi connectivity index (χ4n) is 2.46. The predicted octanol–water partition coefficient (Wildman–Crippen LogP) is 2.76. The molecule has 21 heavy (non-hydrogen) atoms. The summed E-state index contributed by atoms with van der Waals surface area (Å²) in [5.74, 6) is 2.06. The first-order chi connectivity index (χ1) is 10.2. The van der Waals surface area contributed by atoms with Crippen LogP contribution in [0.25, 0.3) is 11.0 Å². The molecule has 0 aliphatic heterocycles. The largest absolute Gasteiger partial charge is 0.497 e. The van der Waals surface area contributed by atoms with Gasteiger partial charge in [-0.15, -0.1) is 11.6 Å². The second-order valence-electron chi connectivity index (χ2n) is 4.90. The summed E-state index contributed by atoms with van der Waals surface area (Å²) in [5, 5.41) is 4.40. The number of hydrogen-bond donors (Lipinski definition) is 0. The van der Waals surface area contributed by atoms with Gasteiger partial charge in [0.1, 0.15) is 11.6 Å². The van der Waals surface area contributed by atoms with Gasteiger partial charge in [0.25, 0.3) is 0 Å². The number of methoxy groups -OCH3 is 1. The van der Waals surface area contributed by atoms with Crippen LogP contribution in [0.1, 0.15) is 11.5 Å². The maximum absolute atomic E-state index is 6.03. The van der Waals surface area contributed by atoms with E-state index in [2.05, 4.69) is 14.6 Å². The van der Waals surface area contributed by atoms with E-state index in [9.17, 15) is 0 Å². The molecule has 2 heterocycles. The third-order valence-electron chi connectivity index (χ3n) is 3.51. The second kappa shape index (κ2) is 5.77. The van der Waals surface area contributed by atoms with Crippen molar-refractivity contribution in [2.45, 2.75) is 18.8 Å². The Balaban J connectivity index is 1.92. The van der Waals surface area contributed by atoms with Crippen LogP contribution in [-0.4, -0.2) is 26.4 Å². The van der Waals surface area contributed by atoms with Gasteiger partial charge < -0.3 is 9.30 Å². The molecule has 6 heteroatoms. The highest BCUT2D eigenvalue weighted by molar-refractivity contribution is 6.16. The monoisotopic (exact) mass is 304 g/mol. The Morgan fingerprint density at radius 1 is 1.29 bits per heavy atom. The van der Waals surface area contributed by atoms with E-state index in [0.717, 1.165) is 41.3 Å². The lowest BCUT2D eigenvalue weighted by atomic mass is 10.2. The predicted molar refractivity (Wildman–Crippen MR) is 82.8 cm³/mol. The molecule has 0 bridgehead atoms. The Morgan fingerprint density at radius 2 is 2.14 bits per heavy atom. The van der Waals surface area contributed by atoms with Crippen LogP contribution in [-0.2, 0) is 25.9 Å². The van der Waals surface area contributed by atoms with E-state index in [1.54, 1.807) is 7.11 Å². The minimum absolute atomic E-state index is 0.388. The van der Waals surface area contributed by atoms with E-state index >= 15 is 0 Å². The standard InChI is InChI=1S/C15H17ClN4O/c1-19-7-5-11(18-19)6-8-20-14-4-3-12(21-2)9-13(14)17-15(20)10-16/h3-5,7,9H,6,8,10H2,1-2H3. The molecule has 0 unspecified atom stereocenters. The maximum atomic E-state index is 6.03. The molecule has 1 aromatic carbocycles. The molecule has 3 aromatic rings. The molecule has 0 N–H and O–H groups in total. The van der Waals surface area contributed by atoms with Crippen LogP contribution in [0, 0.1) is 0 Å². The van der Waals surface area contributed by atoms with Gasteiger partial charge in [0.2, 0.25) is 0 Å². The van der Waals surface area contributed by atoms with Crippen molar-refractivity contribution < 1.29 is 4.74 Å². The Morgan fingerprint density at radius 3 is 2.81 bits per heavy atom. The van der Waals surface area contributed by atoms with Gasteiger partial charge in [0.05, 0.1) is 29.7 Å². The van der Waals surface area contributed by atoms with Gasteiger partial charge in [-0.2, -0.15) is 5.10 Å². The minimum Gasteiger partial charge on any atom is -0.497 e. The molecule has 5 nitrogen and oxygen atoms in total. The van der Waals surface area contributed by atoms with E-state index in [-0.39, 0.29) is 0 Å². The molecule has 0 aliphatic carbocycles. The average molecular weight is 305 g/mol. The van der Waals surface area contributed by atoms with Crippen LogP contribution in [0.4, 0.5) is 0 Å².